The molecule has 1 aromatic heterocycles. The van der Waals surface area contributed by atoms with Crippen molar-refractivity contribution in [2.24, 2.45) is 0 Å². The van der Waals surface area contributed by atoms with Gasteiger partial charge in [-0.1, -0.05) is 19.1 Å². The van der Waals surface area contributed by atoms with Gasteiger partial charge in [-0.25, -0.2) is 4.98 Å². The summed E-state index contributed by atoms with van der Waals surface area (Å²) in [6.07, 6.45) is 2.18. The van der Waals surface area contributed by atoms with Gasteiger partial charge in [0.2, 0.25) is 0 Å². The quantitative estimate of drug-likeness (QED) is 0.812. The van der Waals surface area contributed by atoms with Crippen molar-refractivity contribution < 1.29 is 4.74 Å². The van der Waals surface area contributed by atoms with Crippen molar-refractivity contribution in [2.45, 2.75) is 52.3 Å². The molecule has 1 heterocycles. The van der Waals surface area contributed by atoms with Gasteiger partial charge in [-0.05, 0) is 38.9 Å². The molecule has 0 saturated carbocycles. The first-order valence-corrected chi connectivity index (χ1v) is 7.91. The normalized spacial score (nSPS) is 14.5. The lowest BCUT2D eigenvalue weighted by Gasteiger charge is -2.24. The smallest absolute Gasteiger partial charge is 0.111 e. The second-order valence-corrected chi connectivity index (χ2v) is 5.47. The van der Waals surface area contributed by atoms with Gasteiger partial charge in [0.25, 0.3) is 0 Å². The van der Waals surface area contributed by atoms with Crippen LogP contribution in [0.15, 0.2) is 24.3 Å². The number of benzene rings is 1. The van der Waals surface area contributed by atoms with Crippen LogP contribution in [0, 0.1) is 0 Å². The highest BCUT2D eigenvalue weighted by Gasteiger charge is 2.20. The Hall–Kier alpha value is -1.39. The Kier molecular flexibility index (Phi) is 5.76. The third kappa shape index (κ3) is 3.63. The van der Waals surface area contributed by atoms with E-state index in [1.165, 1.54) is 5.52 Å². The summed E-state index contributed by atoms with van der Waals surface area (Å²) in [4.78, 5) is 4.82. The van der Waals surface area contributed by atoms with Crippen LogP contribution in [0.3, 0.4) is 0 Å². The zero-order chi connectivity index (χ0) is 15.2. The number of hydrogen-bond acceptors (Lipinski definition) is 3. The molecule has 2 rings (SSSR count). The van der Waals surface area contributed by atoms with Crippen LogP contribution in [0.25, 0.3) is 11.0 Å². The van der Waals surface area contributed by atoms with Crippen LogP contribution in [0.4, 0.5) is 0 Å². The van der Waals surface area contributed by atoms with E-state index in [2.05, 4.69) is 48.9 Å². The molecular formula is C17H27N3O. The van der Waals surface area contributed by atoms with Crippen LogP contribution in [0.2, 0.25) is 0 Å². The molecular weight excluding hydrogens is 262 g/mol. The van der Waals surface area contributed by atoms with E-state index in [-0.39, 0.29) is 12.1 Å². The highest BCUT2D eigenvalue weighted by Crippen LogP contribution is 2.18. The van der Waals surface area contributed by atoms with Crippen LogP contribution >= 0.6 is 0 Å². The molecule has 1 aromatic carbocycles. The van der Waals surface area contributed by atoms with Gasteiger partial charge in [0, 0.05) is 26.1 Å². The standard InChI is InChI=1S/C17H27N3O/c1-5-11-18-15(13(3)21-4)12-17-19-14-9-7-8-10-16(14)20(17)6-2/h7-10,13,15,18H,5-6,11-12H2,1-4H3. The van der Waals surface area contributed by atoms with E-state index in [1.54, 1.807) is 7.11 Å². The van der Waals surface area contributed by atoms with Gasteiger partial charge in [0.15, 0.2) is 0 Å². The molecule has 0 aliphatic carbocycles. The highest BCUT2D eigenvalue weighted by molar-refractivity contribution is 5.75. The molecule has 0 spiro atoms. The summed E-state index contributed by atoms with van der Waals surface area (Å²) in [7, 11) is 1.77. The van der Waals surface area contributed by atoms with Crippen molar-refractivity contribution in [3.05, 3.63) is 30.1 Å². The Bertz CT molecular complexity index is 564. The lowest BCUT2D eigenvalue weighted by molar-refractivity contribution is 0.0822. The molecule has 2 atom stereocenters. The average molecular weight is 289 g/mol. The molecule has 4 nitrogen and oxygen atoms in total. The molecule has 0 fully saturated rings. The summed E-state index contributed by atoms with van der Waals surface area (Å²) in [6, 6.07) is 8.63. The number of nitrogens with zero attached hydrogens (tertiary/aromatic N) is 2. The van der Waals surface area contributed by atoms with Crippen molar-refractivity contribution in [2.75, 3.05) is 13.7 Å². The summed E-state index contributed by atoms with van der Waals surface area (Å²) >= 11 is 0. The number of rotatable bonds is 8. The Morgan fingerprint density at radius 1 is 1.29 bits per heavy atom. The number of para-hydroxylation sites is 2. The molecule has 0 radical (unpaired) electrons. The maximum atomic E-state index is 5.53. The van der Waals surface area contributed by atoms with Gasteiger partial charge >= 0.3 is 0 Å². The third-order valence-electron chi connectivity index (χ3n) is 4.05. The summed E-state index contributed by atoms with van der Waals surface area (Å²) in [6.45, 7) is 8.42. The van der Waals surface area contributed by atoms with E-state index in [9.17, 15) is 0 Å². The van der Waals surface area contributed by atoms with Crippen LogP contribution < -0.4 is 5.32 Å². The average Bonchev–Trinajstić information content (AvgIpc) is 2.87. The first kappa shape index (κ1) is 16.0. The monoisotopic (exact) mass is 289 g/mol. The van der Waals surface area contributed by atoms with Gasteiger partial charge in [-0.15, -0.1) is 0 Å². The second kappa shape index (κ2) is 7.57. The molecule has 116 valence electrons. The van der Waals surface area contributed by atoms with Crippen molar-refractivity contribution in [1.29, 1.82) is 0 Å². The third-order valence-corrected chi connectivity index (χ3v) is 4.05. The van der Waals surface area contributed by atoms with Crippen LogP contribution in [-0.4, -0.2) is 35.4 Å². The van der Waals surface area contributed by atoms with E-state index < -0.39 is 0 Å². The predicted molar refractivity (Wildman–Crippen MR) is 87.7 cm³/mol. The molecule has 0 saturated heterocycles. The minimum atomic E-state index is 0.168. The molecule has 4 heteroatoms. The SMILES string of the molecule is CCCNC(Cc1nc2ccccc2n1CC)C(C)OC. The molecule has 0 aliphatic rings. The highest BCUT2D eigenvalue weighted by atomic mass is 16.5. The molecule has 2 aromatic rings. The van der Waals surface area contributed by atoms with Gasteiger partial charge in [-0.2, -0.15) is 0 Å². The lowest BCUT2D eigenvalue weighted by Crippen LogP contribution is -2.42. The largest absolute Gasteiger partial charge is 0.380 e. The van der Waals surface area contributed by atoms with Crippen LogP contribution in [0.1, 0.15) is 33.0 Å². The zero-order valence-corrected chi connectivity index (χ0v) is 13.6. The van der Waals surface area contributed by atoms with Crippen molar-refractivity contribution in [3.63, 3.8) is 0 Å². The maximum Gasteiger partial charge on any atom is 0.111 e. The van der Waals surface area contributed by atoms with Gasteiger partial charge in [0.05, 0.1) is 17.1 Å². The van der Waals surface area contributed by atoms with Crippen LogP contribution in [0.5, 0.6) is 0 Å². The van der Waals surface area contributed by atoms with E-state index in [0.717, 1.165) is 37.3 Å². The number of aryl methyl sites for hydroxylation is 1. The molecule has 0 bridgehead atoms. The Labute approximate surface area is 127 Å². The number of ether oxygens (including phenoxy) is 1. The fourth-order valence-electron chi connectivity index (χ4n) is 2.73. The van der Waals surface area contributed by atoms with Crippen molar-refractivity contribution in [3.8, 4) is 0 Å². The number of fused-ring (bicyclic) bond motifs is 1. The lowest BCUT2D eigenvalue weighted by atomic mass is 10.1. The van der Waals surface area contributed by atoms with E-state index in [1.807, 2.05) is 6.07 Å². The number of hydrogen-bond donors (Lipinski definition) is 1. The number of nitrogens with one attached hydrogen (secondary N) is 1. The van der Waals surface area contributed by atoms with E-state index in [4.69, 9.17) is 9.72 Å². The topological polar surface area (TPSA) is 39.1 Å². The van der Waals surface area contributed by atoms with E-state index in [0.29, 0.717) is 0 Å². The Balaban J connectivity index is 2.26. The fourth-order valence-corrected chi connectivity index (χ4v) is 2.73. The zero-order valence-electron chi connectivity index (χ0n) is 13.6. The molecule has 0 aliphatic heterocycles. The van der Waals surface area contributed by atoms with Crippen LogP contribution in [-0.2, 0) is 17.7 Å². The molecule has 0 amide bonds. The van der Waals surface area contributed by atoms with Gasteiger partial charge in [0.1, 0.15) is 5.82 Å². The molecule has 1 N–H and O–H groups in total. The van der Waals surface area contributed by atoms with Gasteiger partial charge in [-0.3, -0.25) is 0 Å². The molecule has 21 heavy (non-hydrogen) atoms. The summed E-state index contributed by atoms with van der Waals surface area (Å²) in [5, 5.41) is 3.59. The number of imidazole rings is 1. The Morgan fingerprint density at radius 3 is 2.71 bits per heavy atom. The summed E-state index contributed by atoms with van der Waals surface area (Å²) in [5.41, 5.74) is 2.29. The van der Waals surface area contributed by atoms with Gasteiger partial charge < -0.3 is 14.6 Å². The molecule has 2 unspecified atom stereocenters. The fraction of sp³-hybridized carbons (Fsp3) is 0.588. The second-order valence-electron chi connectivity index (χ2n) is 5.47. The minimum absolute atomic E-state index is 0.168. The summed E-state index contributed by atoms with van der Waals surface area (Å²) < 4.78 is 7.83. The minimum Gasteiger partial charge on any atom is -0.380 e. The van der Waals surface area contributed by atoms with Crippen molar-refractivity contribution in [1.82, 2.24) is 14.9 Å². The first-order chi connectivity index (χ1) is 10.2. The van der Waals surface area contributed by atoms with E-state index >= 15 is 0 Å². The maximum absolute atomic E-state index is 5.53. The number of aromatic nitrogens is 2. The number of methoxy groups -OCH3 is 1. The first-order valence-electron chi connectivity index (χ1n) is 7.91. The summed E-state index contributed by atoms with van der Waals surface area (Å²) in [5.74, 6) is 1.14. The predicted octanol–water partition coefficient (Wildman–Crippen LogP) is 3.00. The van der Waals surface area contributed by atoms with Crippen molar-refractivity contribution >= 4 is 11.0 Å². The Morgan fingerprint density at radius 2 is 2.05 bits per heavy atom.